The number of benzene rings is 3. The summed E-state index contributed by atoms with van der Waals surface area (Å²) < 4.78 is 4.74. The van der Waals surface area contributed by atoms with Crippen LogP contribution in [0.2, 0.25) is 0 Å². The molecule has 1 atom stereocenters. The van der Waals surface area contributed by atoms with E-state index < -0.39 is 12.1 Å². The fraction of sp³-hybridized carbons (Fsp3) is 0.100. The third-order valence-corrected chi connectivity index (χ3v) is 4.06. The fourth-order valence-corrected chi connectivity index (χ4v) is 2.84. The average molecular weight is 332 g/mol. The van der Waals surface area contributed by atoms with Crippen LogP contribution in [0.4, 0.5) is 4.79 Å². The van der Waals surface area contributed by atoms with Crippen LogP contribution in [-0.2, 0) is 4.74 Å². The molecule has 3 aromatic carbocycles. The molecular weight excluding hydrogens is 316 g/mol. The Morgan fingerprint density at radius 1 is 1.12 bits per heavy atom. The first-order chi connectivity index (χ1) is 12.1. The molecule has 3 aromatic rings. The summed E-state index contributed by atoms with van der Waals surface area (Å²) in [5.74, 6) is 0.0736. The van der Waals surface area contributed by atoms with Gasteiger partial charge in [-0.25, -0.2) is 4.79 Å². The van der Waals surface area contributed by atoms with Crippen molar-refractivity contribution >= 4 is 16.9 Å². The minimum absolute atomic E-state index is 0.0736. The maximum atomic E-state index is 11.9. The number of rotatable bonds is 3. The molecule has 124 valence electrons. The molecule has 0 saturated heterocycles. The second-order valence-electron chi connectivity index (χ2n) is 5.52. The minimum atomic E-state index is -0.619. The van der Waals surface area contributed by atoms with Gasteiger partial charge in [0, 0.05) is 5.56 Å². The Labute approximate surface area is 145 Å². The first kappa shape index (κ1) is 16.3. The van der Waals surface area contributed by atoms with E-state index in [2.05, 4.69) is 11.4 Å². The molecule has 0 heterocycles. The third-order valence-electron chi connectivity index (χ3n) is 4.06. The Hall–Kier alpha value is -3.52. The van der Waals surface area contributed by atoms with Crippen LogP contribution in [0.5, 0.6) is 5.75 Å². The van der Waals surface area contributed by atoms with Crippen molar-refractivity contribution in [3.05, 3.63) is 77.4 Å². The van der Waals surface area contributed by atoms with Crippen molar-refractivity contribution in [1.82, 2.24) is 5.32 Å². The van der Waals surface area contributed by atoms with Crippen molar-refractivity contribution < 1.29 is 14.6 Å². The number of nitrogens with one attached hydrogen (secondary N) is 1. The van der Waals surface area contributed by atoms with Gasteiger partial charge < -0.3 is 15.2 Å². The van der Waals surface area contributed by atoms with E-state index in [1.54, 1.807) is 30.3 Å². The number of ether oxygens (including phenoxy) is 1. The fourth-order valence-electron chi connectivity index (χ4n) is 2.84. The standard InChI is InChI=1S/C20H16N2O3/c1-25-20(24)22-19(15-8-6-13(12-21)7-9-15)18-16-5-3-2-4-14(16)10-11-17(18)23/h2-11,19,23H,1H3,(H,22,24). The van der Waals surface area contributed by atoms with Gasteiger partial charge in [0.1, 0.15) is 5.75 Å². The molecule has 1 unspecified atom stereocenters. The molecule has 1 amide bonds. The number of methoxy groups -OCH3 is 1. The van der Waals surface area contributed by atoms with Gasteiger partial charge in [0.05, 0.1) is 24.8 Å². The number of fused-ring (bicyclic) bond motifs is 1. The zero-order chi connectivity index (χ0) is 17.8. The molecule has 0 aromatic heterocycles. The molecule has 0 saturated carbocycles. The van der Waals surface area contributed by atoms with E-state index in [9.17, 15) is 9.90 Å². The lowest BCUT2D eigenvalue weighted by Crippen LogP contribution is -2.29. The van der Waals surface area contributed by atoms with Gasteiger partial charge in [0.25, 0.3) is 0 Å². The second-order valence-corrected chi connectivity index (χ2v) is 5.52. The van der Waals surface area contributed by atoms with E-state index in [0.29, 0.717) is 11.1 Å². The summed E-state index contributed by atoms with van der Waals surface area (Å²) in [6.07, 6.45) is -0.610. The average Bonchev–Trinajstić information content (AvgIpc) is 2.66. The molecule has 25 heavy (non-hydrogen) atoms. The Bertz CT molecular complexity index is 959. The summed E-state index contributed by atoms with van der Waals surface area (Å²) in [6, 6.07) is 19.3. The van der Waals surface area contributed by atoms with Gasteiger partial charge in [-0.05, 0) is 34.5 Å². The van der Waals surface area contributed by atoms with Gasteiger partial charge in [0.2, 0.25) is 0 Å². The molecule has 0 fully saturated rings. The number of aromatic hydroxyl groups is 1. The summed E-state index contributed by atoms with van der Waals surface area (Å²) >= 11 is 0. The lowest BCUT2D eigenvalue weighted by molar-refractivity contribution is 0.168. The van der Waals surface area contributed by atoms with Crippen LogP contribution in [0.3, 0.4) is 0 Å². The van der Waals surface area contributed by atoms with Gasteiger partial charge in [-0.2, -0.15) is 5.26 Å². The smallest absolute Gasteiger partial charge is 0.407 e. The lowest BCUT2D eigenvalue weighted by Gasteiger charge is -2.22. The van der Waals surface area contributed by atoms with Gasteiger partial charge in [-0.1, -0.05) is 42.5 Å². The highest BCUT2D eigenvalue weighted by atomic mass is 16.5. The van der Waals surface area contributed by atoms with Crippen molar-refractivity contribution in [1.29, 1.82) is 5.26 Å². The van der Waals surface area contributed by atoms with Crippen LogP contribution < -0.4 is 5.32 Å². The number of phenolic OH excluding ortho intramolecular Hbond substituents is 1. The SMILES string of the molecule is COC(=O)NC(c1ccc(C#N)cc1)c1c(O)ccc2ccccc12. The summed E-state index contributed by atoms with van der Waals surface area (Å²) in [5.41, 5.74) is 1.83. The van der Waals surface area contributed by atoms with Crippen LogP contribution >= 0.6 is 0 Å². The van der Waals surface area contributed by atoms with Gasteiger partial charge in [-0.3, -0.25) is 0 Å². The van der Waals surface area contributed by atoms with E-state index in [1.165, 1.54) is 7.11 Å². The first-order valence-corrected chi connectivity index (χ1v) is 7.69. The normalized spacial score (nSPS) is 11.5. The van der Waals surface area contributed by atoms with Crippen molar-refractivity contribution in [2.75, 3.05) is 7.11 Å². The number of nitriles is 1. The Morgan fingerprint density at radius 3 is 2.52 bits per heavy atom. The van der Waals surface area contributed by atoms with Crippen molar-refractivity contribution in [3.8, 4) is 11.8 Å². The Balaban J connectivity index is 2.19. The number of alkyl carbamates (subject to hydrolysis) is 1. The molecule has 2 N–H and O–H groups in total. The zero-order valence-electron chi connectivity index (χ0n) is 13.6. The van der Waals surface area contributed by atoms with E-state index in [1.807, 2.05) is 30.3 Å². The third kappa shape index (κ3) is 3.24. The maximum absolute atomic E-state index is 11.9. The zero-order valence-corrected chi connectivity index (χ0v) is 13.6. The monoisotopic (exact) mass is 332 g/mol. The quantitative estimate of drug-likeness (QED) is 0.763. The Kier molecular flexibility index (Phi) is 4.53. The van der Waals surface area contributed by atoms with E-state index >= 15 is 0 Å². The summed E-state index contributed by atoms with van der Waals surface area (Å²) in [6.45, 7) is 0. The predicted molar refractivity (Wildman–Crippen MR) is 94.2 cm³/mol. The number of amides is 1. The van der Waals surface area contributed by atoms with Crippen LogP contribution in [0.15, 0.2) is 60.7 Å². The first-order valence-electron chi connectivity index (χ1n) is 7.69. The largest absolute Gasteiger partial charge is 0.508 e. The van der Waals surface area contributed by atoms with Gasteiger partial charge in [-0.15, -0.1) is 0 Å². The lowest BCUT2D eigenvalue weighted by atomic mass is 9.92. The summed E-state index contributed by atoms with van der Waals surface area (Å²) in [4.78, 5) is 11.9. The van der Waals surface area contributed by atoms with Crippen LogP contribution in [0.25, 0.3) is 10.8 Å². The maximum Gasteiger partial charge on any atom is 0.407 e. The van der Waals surface area contributed by atoms with Crippen LogP contribution in [-0.4, -0.2) is 18.3 Å². The van der Waals surface area contributed by atoms with Crippen molar-refractivity contribution in [2.24, 2.45) is 0 Å². The highest BCUT2D eigenvalue weighted by Crippen LogP contribution is 2.35. The van der Waals surface area contributed by atoms with Gasteiger partial charge >= 0.3 is 6.09 Å². The molecule has 0 radical (unpaired) electrons. The van der Waals surface area contributed by atoms with Crippen molar-refractivity contribution in [3.63, 3.8) is 0 Å². The van der Waals surface area contributed by atoms with Crippen LogP contribution in [0, 0.1) is 11.3 Å². The molecule has 0 bridgehead atoms. The molecule has 3 rings (SSSR count). The number of carbonyl (C=O) groups is 1. The van der Waals surface area contributed by atoms with Crippen molar-refractivity contribution in [2.45, 2.75) is 6.04 Å². The van der Waals surface area contributed by atoms with E-state index in [-0.39, 0.29) is 5.75 Å². The number of hydrogen-bond donors (Lipinski definition) is 2. The highest BCUT2D eigenvalue weighted by Gasteiger charge is 2.22. The molecule has 5 heteroatoms. The number of phenols is 1. The van der Waals surface area contributed by atoms with E-state index in [4.69, 9.17) is 10.00 Å². The topological polar surface area (TPSA) is 82.3 Å². The minimum Gasteiger partial charge on any atom is -0.508 e. The number of nitrogens with zero attached hydrogens (tertiary/aromatic N) is 1. The highest BCUT2D eigenvalue weighted by molar-refractivity contribution is 5.89. The molecule has 0 aliphatic rings. The molecule has 0 aliphatic carbocycles. The van der Waals surface area contributed by atoms with Crippen LogP contribution in [0.1, 0.15) is 22.7 Å². The number of carbonyl (C=O) groups excluding carboxylic acids is 1. The van der Waals surface area contributed by atoms with Gasteiger partial charge in [0.15, 0.2) is 0 Å². The predicted octanol–water partition coefficient (Wildman–Crippen LogP) is 3.86. The summed E-state index contributed by atoms with van der Waals surface area (Å²) in [5, 5.41) is 24.0. The molecule has 5 nitrogen and oxygen atoms in total. The molecule has 0 spiro atoms. The molecular formula is C20H16N2O3. The Morgan fingerprint density at radius 2 is 1.84 bits per heavy atom. The second kappa shape index (κ2) is 6.93. The number of hydrogen-bond acceptors (Lipinski definition) is 4. The van der Waals surface area contributed by atoms with E-state index in [0.717, 1.165) is 16.3 Å². The summed E-state index contributed by atoms with van der Waals surface area (Å²) in [7, 11) is 1.29. The molecule has 0 aliphatic heterocycles.